The zero-order chi connectivity index (χ0) is 13.3. The SMILES string of the molecule is O=C(c1cc(F)cc(F)c1)c1cc(Br)ccc1Br. The van der Waals surface area contributed by atoms with E-state index < -0.39 is 17.4 Å². The van der Waals surface area contributed by atoms with Crippen LogP contribution in [0, 0.1) is 11.6 Å². The van der Waals surface area contributed by atoms with Crippen LogP contribution in [-0.2, 0) is 0 Å². The van der Waals surface area contributed by atoms with E-state index in [1.54, 1.807) is 18.2 Å². The molecule has 0 aliphatic heterocycles. The van der Waals surface area contributed by atoms with E-state index in [0.29, 0.717) is 14.5 Å². The maximum Gasteiger partial charge on any atom is 0.194 e. The molecule has 0 heterocycles. The highest BCUT2D eigenvalue weighted by Gasteiger charge is 2.15. The van der Waals surface area contributed by atoms with E-state index in [0.717, 1.165) is 18.2 Å². The van der Waals surface area contributed by atoms with Crippen LogP contribution >= 0.6 is 31.9 Å². The molecule has 0 fully saturated rings. The zero-order valence-corrected chi connectivity index (χ0v) is 12.1. The van der Waals surface area contributed by atoms with E-state index in [9.17, 15) is 13.6 Å². The molecule has 92 valence electrons. The van der Waals surface area contributed by atoms with Crippen LogP contribution in [0.2, 0.25) is 0 Å². The Balaban J connectivity index is 2.51. The number of carbonyl (C=O) groups is 1. The van der Waals surface area contributed by atoms with Gasteiger partial charge in [0.15, 0.2) is 5.78 Å². The maximum atomic E-state index is 13.1. The van der Waals surface area contributed by atoms with Gasteiger partial charge in [-0.3, -0.25) is 4.79 Å². The van der Waals surface area contributed by atoms with Crippen LogP contribution in [0.25, 0.3) is 0 Å². The molecule has 0 aliphatic carbocycles. The molecular formula is C13H6Br2F2O. The highest BCUT2D eigenvalue weighted by molar-refractivity contribution is 9.11. The summed E-state index contributed by atoms with van der Waals surface area (Å²) in [4.78, 5) is 12.1. The molecule has 5 heteroatoms. The van der Waals surface area contributed by atoms with Crippen molar-refractivity contribution in [2.45, 2.75) is 0 Å². The molecule has 0 radical (unpaired) electrons. The lowest BCUT2D eigenvalue weighted by molar-refractivity contribution is 0.103. The summed E-state index contributed by atoms with van der Waals surface area (Å²) >= 11 is 6.48. The number of rotatable bonds is 2. The smallest absolute Gasteiger partial charge is 0.194 e. The summed E-state index contributed by atoms with van der Waals surface area (Å²) in [5, 5.41) is 0. The molecule has 2 aromatic rings. The van der Waals surface area contributed by atoms with Crippen LogP contribution in [0.15, 0.2) is 45.3 Å². The van der Waals surface area contributed by atoms with E-state index in [1.165, 1.54) is 0 Å². The molecule has 0 unspecified atom stereocenters. The van der Waals surface area contributed by atoms with Gasteiger partial charge in [-0.2, -0.15) is 0 Å². The Labute approximate surface area is 119 Å². The molecular weight excluding hydrogens is 370 g/mol. The van der Waals surface area contributed by atoms with Gasteiger partial charge in [0.25, 0.3) is 0 Å². The van der Waals surface area contributed by atoms with Crippen molar-refractivity contribution in [3.63, 3.8) is 0 Å². The fourth-order valence-corrected chi connectivity index (χ4v) is 2.30. The molecule has 0 N–H and O–H groups in total. The number of halogens is 4. The second-order valence-corrected chi connectivity index (χ2v) is 5.38. The van der Waals surface area contributed by atoms with Gasteiger partial charge in [0, 0.05) is 26.1 Å². The molecule has 1 nitrogen and oxygen atoms in total. The van der Waals surface area contributed by atoms with Crippen molar-refractivity contribution in [2.75, 3.05) is 0 Å². The maximum absolute atomic E-state index is 13.1. The highest BCUT2D eigenvalue weighted by Crippen LogP contribution is 2.24. The van der Waals surface area contributed by atoms with Crippen molar-refractivity contribution >= 4 is 37.6 Å². The predicted molar refractivity (Wildman–Crippen MR) is 71.6 cm³/mol. The van der Waals surface area contributed by atoms with Crippen molar-refractivity contribution in [3.8, 4) is 0 Å². The molecule has 0 bridgehead atoms. The average Bonchev–Trinajstić information content (AvgIpc) is 2.30. The summed E-state index contributed by atoms with van der Waals surface area (Å²) in [7, 11) is 0. The molecule has 0 spiro atoms. The van der Waals surface area contributed by atoms with Gasteiger partial charge in [-0.15, -0.1) is 0 Å². The van der Waals surface area contributed by atoms with Gasteiger partial charge in [0.05, 0.1) is 0 Å². The van der Waals surface area contributed by atoms with Gasteiger partial charge in [-0.25, -0.2) is 8.78 Å². The Morgan fingerprint density at radius 1 is 0.944 bits per heavy atom. The third kappa shape index (κ3) is 2.84. The molecule has 18 heavy (non-hydrogen) atoms. The summed E-state index contributed by atoms with van der Waals surface area (Å²) in [6.45, 7) is 0. The molecule has 2 aromatic carbocycles. The van der Waals surface area contributed by atoms with Crippen molar-refractivity contribution in [3.05, 3.63) is 68.1 Å². The van der Waals surface area contributed by atoms with Crippen LogP contribution in [0.1, 0.15) is 15.9 Å². The number of carbonyl (C=O) groups excluding carboxylic acids is 1. The first kappa shape index (κ1) is 13.4. The molecule has 0 aliphatic rings. The minimum Gasteiger partial charge on any atom is -0.289 e. The fourth-order valence-electron chi connectivity index (χ4n) is 1.51. The monoisotopic (exact) mass is 374 g/mol. The van der Waals surface area contributed by atoms with Gasteiger partial charge in [0.2, 0.25) is 0 Å². The first-order chi connectivity index (χ1) is 8.47. The van der Waals surface area contributed by atoms with Crippen molar-refractivity contribution in [1.82, 2.24) is 0 Å². The lowest BCUT2D eigenvalue weighted by Crippen LogP contribution is -2.03. The van der Waals surface area contributed by atoms with Crippen molar-refractivity contribution in [2.24, 2.45) is 0 Å². The quantitative estimate of drug-likeness (QED) is 0.694. The van der Waals surface area contributed by atoms with Gasteiger partial charge < -0.3 is 0 Å². The van der Waals surface area contributed by atoms with Crippen LogP contribution in [0.5, 0.6) is 0 Å². The third-order valence-corrected chi connectivity index (χ3v) is 3.48. The topological polar surface area (TPSA) is 17.1 Å². The van der Waals surface area contributed by atoms with Crippen molar-refractivity contribution < 1.29 is 13.6 Å². The largest absolute Gasteiger partial charge is 0.289 e. The van der Waals surface area contributed by atoms with E-state index >= 15 is 0 Å². The lowest BCUT2D eigenvalue weighted by atomic mass is 10.0. The predicted octanol–water partition coefficient (Wildman–Crippen LogP) is 4.72. The molecule has 0 aromatic heterocycles. The molecule has 0 amide bonds. The van der Waals surface area contributed by atoms with E-state index in [2.05, 4.69) is 31.9 Å². The Kier molecular flexibility index (Phi) is 3.92. The molecule has 0 saturated carbocycles. The second-order valence-electron chi connectivity index (χ2n) is 3.61. The summed E-state index contributed by atoms with van der Waals surface area (Å²) in [5.74, 6) is -1.99. The normalized spacial score (nSPS) is 10.4. The van der Waals surface area contributed by atoms with Crippen LogP contribution in [-0.4, -0.2) is 5.78 Å². The van der Waals surface area contributed by atoms with Gasteiger partial charge in [-0.1, -0.05) is 31.9 Å². The Bertz CT molecular complexity index is 606. The first-order valence-electron chi connectivity index (χ1n) is 4.93. The van der Waals surface area contributed by atoms with Gasteiger partial charge in [-0.05, 0) is 30.3 Å². The third-order valence-electron chi connectivity index (χ3n) is 2.30. The summed E-state index contributed by atoms with van der Waals surface area (Å²) in [5.41, 5.74) is 0.320. The highest BCUT2D eigenvalue weighted by atomic mass is 79.9. The van der Waals surface area contributed by atoms with Crippen LogP contribution in [0.4, 0.5) is 8.78 Å². The lowest BCUT2D eigenvalue weighted by Gasteiger charge is -2.05. The first-order valence-corrected chi connectivity index (χ1v) is 6.52. The summed E-state index contributed by atoms with van der Waals surface area (Å²) in [6.07, 6.45) is 0. The second kappa shape index (κ2) is 5.28. The van der Waals surface area contributed by atoms with E-state index in [-0.39, 0.29) is 5.56 Å². The number of benzene rings is 2. The minimum absolute atomic E-state index is 0.0219. The van der Waals surface area contributed by atoms with Gasteiger partial charge in [0.1, 0.15) is 11.6 Å². The van der Waals surface area contributed by atoms with E-state index in [4.69, 9.17) is 0 Å². The summed E-state index contributed by atoms with van der Waals surface area (Å²) in [6, 6.07) is 7.79. The van der Waals surface area contributed by atoms with Crippen molar-refractivity contribution in [1.29, 1.82) is 0 Å². The Morgan fingerprint density at radius 2 is 1.56 bits per heavy atom. The van der Waals surface area contributed by atoms with Crippen LogP contribution < -0.4 is 0 Å². The Morgan fingerprint density at radius 3 is 2.17 bits per heavy atom. The number of ketones is 1. The van der Waals surface area contributed by atoms with Gasteiger partial charge >= 0.3 is 0 Å². The molecule has 0 saturated heterocycles. The fraction of sp³-hybridized carbons (Fsp3) is 0. The zero-order valence-electron chi connectivity index (χ0n) is 8.88. The Hall–Kier alpha value is -1.07. The number of hydrogen-bond donors (Lipinski definition) is 0. The van der Waals surface area contributed by atoms with Crippen LogP contribution in [0.3, 0.4) is 0 Å². The van der Waals surface area contributed by atoms with E-state index in [1.807, 2.05) is 0 Å². The minimum atomic E-state index is -0.774. The standard InChI is InChI=1S/C13H6Br2F2O/c14-8-1-2-12(15)11(5-8)13(18)7-3-9(16)6-10(17)4-7/h1-6H. The average molecular weight is 376 g/mol. The summed E-state index contributed by atoms with van der Waals surface area (Å²) < 4.78 is 27.4. The molecule has 2 rings (SSSR count). The number of hydrogen-bond acceptors (Lipinski definition) is 1. The molecule has 0 atom stereocenters.